The Bertz CT molecular complexity index is 940. The molecule has 31 heavy (non-hydrogen) atoms. The van der Waals surface area contributed by atoms with Gasteiger partial charge < -0.3 is 15.0 Å². The van der Waals surface area contributed by atoms with Crippen LogP contribution in [-0.4, -0.2) is 58.9 Å². The maximum atomic E-state index is 13.1. The van der Waals surface area contributed by atoms with Crippen molar-refractivity contribution in [2.75, 3.05) is 19.6 Å². The average molecular weight is 421 g/mol. The van der Waals surface area contributed by atoms with E-state index in [2.05, 4.69) is 5.32 Å². The standard InChI is InChI=1S/C24H27N3O4/c1-18(31-20-10-6-3-7-11-20)21(28)26-16-13-24(14-17-26)22(29)27(23(30)25-24)15-12-19-8-4-2-5-9-19/h2-11,18H,12-17H2,1H3,(H,25,30)/t18-/m1/s1. The lowest BCUT2D eigenvalue weighted by atomic mass is 9.87. The molecule has 0 saturated carbocycles. The highest BCUT2D eigenvalue weighted by atomic mass is 16.5. The van der Waals surface area contributed by atoms with Crippen molar-refractivity contribution in [3.8, 4) is 5.75 Å². The first kappa shape index (κ1) is 20.9. The summed E-state index contributed by atoms with van der Waals surface area (Å²) in [6, 6.07) is 18.7. The fourth-order valence-corrected chi connectivity index (χ4v) is 4.22. The Balaban J connectivity index is 1.33. The Hall–Kier alpha value is -3.35. The zero-order chi connectivity index (χ0) is 21.8. The van der Waals surface area contributed by atoms with Crippen molar-refractivity contribution in [2.24, 2.45) is 0 Å². The van der Waals surface area contributed by atoms with Crippen LogP contribution in [0, 0.1) is 0 Å². The molecule has 2 aliphatic heterocycles. The molecule has 4 amide bonds. The van der Waals surface area contributed by atoms with Gasteiger partial charge in [-0.25, -0.2) is 4.79 Å². The molecule has 0 aromatic heterocycles. The van der Waals surface area contributed by atoms with E-state index >= 15 is 0 Å². The first-order valence-corrected chi connectivity index (χ1v) is 10.7. The van der Waals surface area contributed by atoms with Gasteiger partial charge in [-0.15, -0.1) is 0 Å². The van der Waals surface area contributed by atoms with Crippen LogP contribution in [0.15, 0.2) is 60.7 Å². The SMILES string of the molecule is C[C@@H](Oc1ccccc1)C(=O)N1CCC2(CC1)NC(=O)N(CCc1ccccc1)C2=O. The van der Waals surface area contributed by atoms with E-state index in [1.807, 2.05) is 60.7 Å². The second-order valence-corrected chi connectivity index (χ2v) is 8.10. The van der Waals surface area contributed by atoms with Crippen LogP contribution in [0.5, 0.6) is 5.75 Å². The maximum absolute atomic E-state index is 13.1. The van der Waals surface area contributed by atoms with Crippen molar-refractivity contribution < 1.29 is 19.1 Å². The third-order valence-electron chi connectivity index (χ3n) is 6.05. The lowest BCUT2D eigenvalue weighted by molar-refractivity contribution is -0.142. The maximum Gasteiger partial charge on any atom is 0.325 e. The number of carbonyl (C=O) groups excluding carboxylic acids is 3. The van der Waals surface area contributed by atoms with Crippen molar-refractivity contribution in [3.63, 3.8) is 0 Å². The van der Waals surface area contributed by atoms with Gasteiger partial charge in [-0.3, -0.25) is 14.5 Å². The highest BCUT2D eigenvalue weighted by molar-refractivity contribution is 6.07. The highest BCUT2D eigenvalue weighted by Gasteiger charge is 2.52. The van der Waals surface area contributed by atoms with Crippen molar-refractivity contribution in [3.05, 3.63) is 66.2 Å². The summed E-state index contributed by atoms with van der Waals surface area (Å²) < 4.78 is 5.74. The van der Waals surface area contributed by atoms with Crippen LogP contribution in [0.2, 0.25) is 0 Å². The van der Waals surface area contributed by atoms with E-state index in [0.29, 0.717) is 44.6 Å². The number of rotatable bonds is 6. The Kier molecular flexibility index (Phi) is 5.93. The van der Waals surface area contributed by atoms with Gasteiger partial charge in [0.05, 0.1) is 0 Å². The summed E-state index contributed by atoms with van der Waals surface area (Å²) in [6.07, 6.45) is 0.814. The first-order valence-electron chi connectivity index (χ1n) is 10.7. The number of ether oxygens (including phenoxy) is 1. The zero-order valence-electron chi connectivity index (χ0n) is 17.6. The Morgan fingerprint density at radius 1 is 1.03 bits per heavy atom. The van der Waals surface area contributed by atoms with Crippen molar-refractivity contribution >= 4 is 17.8 Å². The van der Waals surface area contributed by atoms with Crippen molar-refractivity contribution in [1.29, 1.82) is 0 Å². The number of benzene rings is 2. The molecule has 0 radical (unpaired) electrons. The summed E-state index contributed by atoms with van der Waals surface area (Å²) in [5, 5.41) is 2.90. The number of likely N-dealkylation sites (tertiary alicyclic amines) is 1. The van der Waals surface area contributed by atoms with Crippen molar-refractivity contribution in [1.82, 2.24) is 15.1 Å². The molecule has 7 heteroatoms. The molecule has 4 rings (SSSR count). The smallest absolute Gasteiger partial charge is 0.325 e. The Labute approximate surface area is 182 Å². The largest absolute Gasteiger partial charge is 0.481 e. The number of para-hydroxylation sites is 1. The van der Waals surface area contributed by atoms with E-state index in [-0.39, 0.29) is 17.8 Å². The second-order valence-electron chi connectivity index (χ2n) is 8.10. The van der Waals surface area contributed by atoms with E-state index in [0.717, 1.165) is 5.56 Å². The predicted molar refractivity (Wildman–Crippen MR) is 115 cm³/mol. The minimum atomic E-state index is -0.909. The van der Waals surface area contributed by atoms with Gasteiger partial charge in [0.2, 0.25) is 0 Å². The van der Waals surface area contributed by atoms with E-state index < -0.39 is 11.6 Å². The van der Waals surface area contributed by atoms with Gasteiger partial charge >= 0.3 is 6.03 Å². The molecule has 2 saturated heterocycles. The first-order chi connectivity index (χ1) is 15.0. The molecular weight excluding hydrogens is 394 g/mol. The average Bonchev–Trinajstić information content (AvgIpc) is 3.02. The molecule has 0 bridgehead atoms. The minimum Gasteiger partial charge on any atom is -0.481 e. The molecule has 2 fully saturated rings. The molecule has 2 aliphatic rings. The quantitative estimate of drug-likeness (QED) is 0.728. The molecule has 2 heterocycles. The molecule has 162 valence electrons. The molecule has 0 aliphatic carbocycles. The Morgan fingerprint density at radius 2 is 1.65 bits per heavy atom. The number of piperidine rings is 1. The molecule has 7 nitrogen and oxygen atoms in total. The normalized spacial score (nSPS) is 18.7. The molecular formula is C24H27N3O4. The summed E-state index contributed by atoms with van der Waals surface area (Å²) in [5.41, 5.74) is 0.172. The molecule has 2 aromatic rings. The minimum absolute atomic E-state index is 0.114. The van der Waals surface area contributed by atoms with Gasteiger partial charge in [0.15, 0.2) is 6.10 Å². The van der Waals surface area contributed by atoms with Crippen LogP contribution < -0.4 is 10.1 Å². The highest BCUT2D eigenvalue weighted by Crippen LogP contribution is 2.30. The number of amides is 4. The summed E-state index contributed by atoms with van der Waals surface area (Å²) in [6.45, 7) is 2.88. The van der Waals surface area contributed by atoms with Gasteiger partial charge in [-0.1, -0.05) is 48.5 Å². The molecule has 2 aromatic carbocycles. The number of carbonyl (C=O) groups is 3. The lowest BCUT2D eigenvalue weighted by Gasteiger charge is -2.38. The zero-order valence-corrected chi connectivity index (χ0v) is 17.6. The number of nitrogens with zero attached hydrogens (tertiary/aromatic N) is 2. The van der Waals surface area contributed by atoms with Crippen LogP contribution in [0.1, 0.15) is 25.3 Å². The number of nitrogens with one attached hydrogen (secondary N) is 1. The summed E-state index contributed by atoms with van der Waals surface area (Å²) in [7, 11) is 0. The third-order valence-corrected chi connectivity index (χ3v) is 6.05. The van der Waals surface area contributed by atoms with Crippen LogP contribution in [0.4, 0.5) is 4.79 Å². The van der Waals surface area contributed by atoms with E-state index in [1.54, 1.807) is 11.8 Å². The summed E-state index contributed by atoms with van der Waals surface area (Å²) >= 11 is 0. The fraction of sp³-hybridized carbons (Fsp3) is 0.375. The van der Waals surface area contributed by atoms with Gasteiger partial charge in [0.1, 0.15) is 11.3 Å². The Morgan fingerprint density at radius 3 is 2.29 bits per heavy atom. The van der Waals surface area contributed by atoms with Crippen LogP contribution >= 0.6 is 0 Å². The second kappa shape index (κ2) is 8.79. The summed E-state index contributed by atoms with van der Waals surface area (Å²) in [4.78, 5) is 41.4. The number of hydrogen-bond acceptors (Lipinski definition) is 4. The number of urea groups is 1. The fourth-order valence-electron chi connectivity index (χ4n) is 4.22. The van der Waals surface area contributed by atoms with Gasteiger partial charge in [0.25, 0.3) is 11.8 Å². The number of hydrogen-bond donors (Lipinski definition) is 1. The number of imide groups is 1. The van der Waals surface area contributed by atoms with Crippen LogP contribution in [-0.2, 0) is 16.0 Å². The van der Waals surface area contributed by atoms with Crippen LogP contribution in [0.25, 0.3) is 0 Å². The molecule has 1 atom stereocenters. The third kappa shape index (κ3) is 4.40. The van der Waals surface area contributed by atoms with Gasteiger partial charge in [-0.2, -0.15) is 0 Å². The van der Waals surface area contributed by atoms with Gasteiger partial charge in [0, 0.05) is 19.6 Å². The topological polar surface area (TPSA) is 79.0 Å². The molecule has 1 spiro atoms. The molecule has 1 N–H and O–H groups in total. The lowest BCUT2D eigenvalue weighted by Crippen LogP contribution is -2.57. The van der Waals surface area contributed by atoms with E-state index in [4.69, 9.17) is 4.74 Å². The van der Waals surface area contributed by atoms with E-state index in [1.165, 1.54) is 4.90 Å². The predicted octanol–water partition coefficient (Wildman–Crippen LogP) is 2.61. The summed E-state index contributed by atoms with van der Waals surface area (Å²) in [5.74, 6) is 0.342. The van der Waals surface area contributed by atoms with Crippen LogP contribution in [0.3, 0.4) is 0 Å². The monoisotopic (exact) mass is 421 g/mol. The van der Waals surface area contributed by atoms with Crippen molar-refractivity contribution in [2.45, 2.75) is 37.8 Å². The van der Waals surface area contributed by atoms with Gasteiger partial charge in [-0.05, 0) is 43.9 Å². The molecule has 0 unspecified atom stereocenters. The van der Waals surface area contributed by atoms with E-state index in [9.17, 15) is 14.4 Å².